The molecule has 4 nitrogen and oxygen atoms in total. The van der Waals surface area contributed by atoms with E-state index in [4.69, 9.17) is 13.9 Å². The van der Waals surface area contributed by atoms with Gasteiger partial charge in [0, 0.05) is 12.0 Å². The molecule has 1 unspecified atom stereocenters. The van der Waals surface area contributed by atoms with Crippen LogP contribution in [0.5, 0.6) is 5.75 Å². The van der Waals surface area contributed by atoms with Gasteiger partial charge in [0.2, 0.25) is 6.29 Å². The first kappa shape index (κ1) is 20.7. The lowest BCUT2D eigenvalue weighted by Crippen LogP contribution is -2.20. The van der Waals surface area contributed by atoms with E-state index in [1.165, 1.54) is 0 Å². The van der Waals surface area contributed by atoms with Crippen molar-refractivity contribution in [2.45, 2.75) is 71.8 Å². The largest absolute Gasteiger partial charge is 0.496 e. The molecule has 24 heavy (non-hydrogen) atoms. The van der Waals surface area contributed by atoms with Gasteiger partial charge in [0.1, 0.15) is 5.75 Å². The van der Waals surface area contributed by atoms with Gasteiger partial charge in [0.15, 0.2) is 9.04 Å². The van der Waals surface area contributed by atoms with Gasteiger partial charge in [0.05, 0.1) is 7.11 Å². The van der Waals surface area contributed by atoms with Crippen molar-refractivity contribution in [1.82, 2.24) is 0 Å². The van der Waals surface area contributed by atoms with Crippen molar-refractivity contribution < 1.29 is 18.7 Å². The number of rotatable bonds is 8. The van der Waals surface area contributed by atoms with Gasteiger partial charge >= 0.3 is 5.97 Å². The van der Waals surface area contributed by atoms with Gasteiger partial charge in [-0.05, 0) is 36.6 Å². The van der Waals surface area contributed by atoms with Crippen LogP contribution in [-0.4, -0.2) is 22.1 Å². The Morgan fingerprint density at radius 3 is 2.42 bits per heavy atom. The molecule has 0 fully saturated rings. The first-order valence-corrected chi connectivity index (χ1v) is 11.5. The molecule has 0 aliphatic heterocycles. The van der Waals surface area contributed by atoms with E-state index in [0.29, 0.717) is 6.42 Å². The summed E-state index contributed by atoms with van der Waals surface area (Å²) in [6, 6.07) is 5.93. The highest BCUT2D eigenvalue weighted by Crippen LogP contribution is 2.34. The lowest BCUT2D eigenvalue weighted by Gasteiger charge is -2.25. The highest BCUT2D eigenvalue weighted by Gasteiger charge is 2.23. The monoisotopic (exact) mass is 352 g/mol. The number of hydrogen-bond donors (Lipinski definition) is 0. The number of benzene rings is 1. The van der Waals surface area contributed by atoms with Crippen LogP contribution >= 0.6 is 0 Å². The summed E-state index contributed by atoms with van der Waals surface area (Å²) in [5.74, 6) is 0.582. The molecule has 0 amide bonds. The average Bonchev–Trinajstić information content (AvgIpc) is 2.50. The van der Waals surface area contributed by atoms with Crippen molar-refractivity contribution in [3.63, 3.8) is 0 Å². The van der Waals surface area contributed by atoms with E-state index >= 15 is 0 Å². The zero-order valence-electron chi connectivity index (χ0n) is 16.1. The number of carbonyl (C=O) groups excluding carboxylic acids is 1. The van der Waals surface area contributed by atoms with E-state index in [1.54, 1.807) is 7.11 Å². The molecule has 0 aliphatic carbocycles. The summed E-state index contributed by atoms with van der Waals surface area (Å²) in [6.07, 6.45) is 1.57. The zero-order chi connectivity index (χ0) is 18.3. The van der Waals surface area contributed by atoms with E-state index in [-0.39, 0.29) is 11.4 Å². The first-order chi connectivity index (χ1) is 11.2. The second-order valence-corrected chi connectivity index (χ2v) is 9.69. The minimum atomic E-state index is -1.37. The summed E-state index contributed by atoms with van der Waals surface area (Å²) in [5.41, 5.74) is 1.92. The molecular weight excluding hydrogens is 320 g/mol. The van der Waals surface area contributed by atoms with E-state index < -0.39 is 15.3 Å². The normalized spacial score (nSPS) is 13.0. The number of ether oxygens (including phenoxy) is 2. The summed E-state index contributed by atoms with van der Waals surface area (Å²) in [5, 5.41) is 0. The van der Waals surface area contributed by atoms with E-state index in [1.807, 2.05) is 18.2 Å². The Hall–Kier alpha value is -1.33. The van der Waals surface area contributed by atoms with Crippen LogP contribution in [0.2, 0.25) is 13.1 Å². The highest BCUT2D eigenvalue weighted by molar-refractivity contribution is 6.48. The maximum atomic E-state index is 12.0. The fourth-order valence-electron chi connectivity index (χ4n) is 2.40. The third kappa shape index (κ3) is 6.28. The van der Waals surface area contributed by atoms with Crippen molar-refractivity contribution in [2.75, 3.05) is 7.11 Å². The lowest BCUT2D eigenvalue weighted by molar-refractivity contribution is -0.165. The molecule has 0 radical (unpaired) electrons. The maximum absolute atomic E-state index is 12.0. The molecule has 0 bridgehead atoms. The van der Waals surface area contributed by atoms with Crippen molar-refractivity contribution in [3.8, 4) is 5.75 Å². The van der Waals surface area contributed by atoms with Crippen molar-refractivity contribution in [1.29, 1.82) is 0 Å². The molecule has 0 aromatic heterocycles. The Bertz CT molecular complexity index is 535. The Balaban J connectivity index is 3.07. The highest BCUT2D eigenvalue weighted by atomic mass is 28.3. The van der Waals surface area contributed by atoms with Crippen molar-refractivity contribution in [2.24, 2.45) is 0 Å². The molecular formula is C19H32O4Si. The van der Waals surface area contributed by atoms with Crippen LogP contribution in [0.15, 0.2) is 18.2 Å². The Kier molecular flexibility index (Phi) is 7.96. The second-order valence-electron chi connectivity index (χ2n) is 7.32. The van der Waals surface area contributed by atoms with Crippen LogP contribution in [0.25, 0.3) is 0 Å². The molecule has 0 heterocycles. The molecule has 1 atom stereocenters. The van der Waals surface area contributed by atoms with Crippen molar-refractivity contribution in [3.05, 3.63) is 29.3 Å². The van der Waals surface area contributed by atoms with Gasteiger partial charge < -0.3 is 13.9 Å². The SMILES string of the molecule is CCCCC(=O)OC(O[SiH](C)C)c1ccc(C(C)(C)C)c(OC)c1. The minimum Gasteiger partial charge on any atom is -0.496 e. The molecule has 0 aliphatic rings. The molecule has 5 heteroatoms. The van der Waals surface area contributed by atoms with Crippen LogP contribution in [-0.2, 0) is 19.4 Å². The van der Waals surface area contributed by atoms with Crippen LogP contribution in [0.3, 0.4) is 0 Å². The van der Waals surface area contributed by atoms with E-state index in [0.717, 1.165) is 29.7 Å². The third-order valence-corrected chi connectivity index (χ3v) is 4.47. The number of esters is 1. The summed E-state index contributed by atoms with van der Waals surface area (Å²) in [4.78, 5) is 12.0. The standard InChI is InChI=1S/C19H32O4Si/c1-8-9-10-17(20)22-18(23-24(6)7)14-11-12-15(19(2,3)4)16(13-14)21-5/h11-13,18,24H,8-10H2,1-7H3. The maximum Gasteiger partial charge on any atom is 0.308 e. The summed E-state index contributed by atoms with van der Waals surface area (Å²) >= 11 is 0. The number of carbonyl (C=O) groups is 1. The lowest BCUT2D eigenvalue weighted by atomic mass is 9.86. The van der Waals surface area contributed by atoms with Gasteiger partial charge in [-0.2, -0.15) is 0 Å². The average molecular weight is 353 g/mol. The van der Waals surface area contributed by atoms with Gasteiger partial charge in [0.25, 0.3) is 0 Å². The van der Waals surface area contributed by atoms with Gasteiger partial charge in [-0.1, -0.05) is 46.2 Å². The Morgan fingerprint density at radius 2 is 1.92 bits per heavy atom. The Labute approximate surface area is 148 Å². The molecule has 1 aromatic carbocycles. The molecule has 1 rings (SSSR count). The van der Waals surface area contributed by atoms with E-state index in [9.17, 15) is 4.79 Å². The quantitative estimate of drug-likeness (QED) is 0.386. The molecule has 0 saturated heterocycles. The first-order valence-electron chi connectivity index (χ1n) is 8.72. The molecule has 0 saturated carbocycles. The molecule has 0 N–H and O–H groups in total. The van der Waals surface area contributed by atoms with Gasteiger partial charge in [-0.3, -0.25) is 4.79 Å². The third-order valence-electron chi connectivity index (χ3n) is 3.67. The van der Waals surface area contributed by atoms with Crippen LogP contribution in [0.1, 0.15) is 64.4 Å². The predicted octanol–water partition coefficient (Wildman–Crippen LogP) is 4.72. The predicted molar refractivity (Wildman–Crippen MR) is 100 cm³/mol. The summed E-state index contributed by atoms with van der Waals surface area (Å²) in [6.45, 7) is 12.6. The summed E-state index contributed by atoms with van der Waals surface area (Å²) in [7, 11) is 0.289. The van der Waals surface area contributed by atoms with Crippen LogP contribution < -0.4 is 4.74 Å². The molecule has 136 valence electrons. The number of unbranched alkanes of at least 4 members (excludes halogenated alkanes) is 1. The fourth-order valence-corrected chi connectivity index (χ4v) is 3.10. The second kappa shape index (κ2) is 9.23. The molecule has 1 aromatic rings. The number of methoxy groups -OCH3 is 1. The van der Waals surface area contributed by atoms with Crippen molar-refractivity contribution >= 4 is 15.0 Å². The van der Waals surface area contributed by atoms with Gasteiger partial charge in [-0.25, -0.2) is 0 Å². The fraction of sp³-hybridized carbons (Fsp3) is 0.632. The van der Waals surface area contributed by atoms with E-state index in [2.05, 4.69) is 40.8 Å². The Morgan fingerprint density at radius 1 is 1.25 bits per heavy atom. The number of hydrogen-bond acceptors (Lipinski definition) is 4. The van der Waals surface area contributed by atoms with Crippen LogP contribution in [0.4, 0.5) is 0 Å². The van der Waals surface area contributed by atoms with Gasteiger partial charge in [-0.15, -0.1) is 0 Å². The smallest absolute Gasteiger partial charge is 0.308 e. The summed E-state index contributed by atoms with van der Waals surface area (Å²) < 4.78 is 17.1. The zero-order valence-corrected chi connectivity index (χ0v) is 17.3. The molecule has 0 spiro atoms. The van der Waals surface area contributed by atoms with Crippen LogP contribution in [0, 0.1) is 0 Å². The minimum absolute atomic E-state index is 0.0230. The topological polar surface area (TPSA) is 44.8 Å².